The fourth-order valence-corrected chi connectivity index (χ4v) is 8.07. The summed E-state index contributed by atoms with van der Waals surface area (Å²) in [6, 6.07) is 51.6. The molecule has 0 unspecified atom stereocenters. The van der Waals surface area contributed by atoms with Crippen LogP contribution in [0.5, 0.6) is 5.75 Å². The number of ether oxygens (including phenoxy) is 1. The summed E-state index contributed by atoms with van der Waals surface area (Å²) in [4.78, 5) is 2.15. The molecule has 3 heterocycles. The number of fused-ring (bicyclic) bond motifs is 3. The molecule has 0 N–H and O–H groups in total. The minimum atomic E-state index is 0.888. The van der Waals surface area contributed by atoms with Gasteiger partial charge in [-0.25, -0.2) is 13.7 Å². The Labute approximate surface area is 356 Å². The maximum atomic E-state index is 5.37. The van der Waals surface area contributed by atoms with Gasteiger partial charge in [0.15, 0.2) is 18.6 Å². The van der Waals surface area contributed by atoms with Crippen LogP contribution in [0.3, 0.4) is 0 Å². The molecule has 0 saturated carbocycles. The number of hydrogen-bond acceptors (Lipinski definition) is 2. The molecule has 0 amide bonds. The van der Waals surface area contributed by atoms with E-state index in [1.807, 2.05) is 6.07 Å². The van der Waals surface area contributed by atoms with Gasteiger partial charge in [0, 0.05) is 43.5 Å². The van der Waals surface area contributed by atoms with Crippen LogP contribution in [-0.4, -0.2) is 21.2 Å². The molecule has 0 aliphatic rings. The highest BCUT2D eigenvalue weighted by molar-refractivity contribution is 5.95. The topological polar surface area (TPSA) is 24.1 Å². The highest BCUT2D eigenvalue weighted by Gasteiger charge is 2.20. The van der Waals surface area contributed by atoms with E-state index in [4.69, 9.17) is 4.74 Å². The number of methoxy groups -OCH3 is 1. The third kappa shape index (κ3) is 8.62. The maximum Gasteiger partial charge on any atom is 0.220 e. The molecule has 60 heavy (non-hydrogen) atoms. The van der Waals surface area contributed by atoms with Crippen LogP contribution in [0, 0.1) is 27.7 Å². The number of aromatic nitrogens is 3. The second-order valence-electron chi connectivity index (χ2n) is 16.0. The Balaban J connectivity index is 0.000000136. The van der Waals surface area contributed by atoms with E-state index in [9.17, 15) is 0 Å². The summed E-state index contributed by atoms with van der Waals surface area (Å²) in [6.07, 6.45) is 6.38. The molecule has 0 radical (unpaired) electrons. The van der Waals surface area contributed by atoms with E-state index >= 15 is 0 Å². The Hall–Kier alpha value is -6.85. The molecular formula is C55H57N4O+3. The highest BCUT2D eigenvalue weighted by Crippen LogP contribution is 2.32. The first kappa shape index (κ1) is 41.3. The predicted octanol–water partition coefficient (Wildman–Crippen LogP) is 11.3. The van der Waals surface area contributed by atoms with E-state index < -0.39 is 0 Å². The average Bonchev–Trinajstić information content (AvgIpc) is 3.26. The van der Waals surface area contributed by atoms with E-state index in [0.717, 1.165) is 5.75 Å². The van der Waals surface area contributed by atoms with Crippen LogP contribution in [0.25, 0.3) is 66.1 Å². The van der Waals surface area contributed by atoms with Crippen LogP contribution < -0.4 is 23.3 Å². The molecular weight excluding hydrogens is 733 g/mol. The Morgan fingerprint density at radius 1 is 0.417 bits per heavy atom. The molecule has 0 spiro atoms. The molecule has 5 heteroatoms. The van der Waals surface area contributed by atoms with Gasteiger partial charge in [-0.2, -0.15) is 0 Å². The van der Waals surface area contributed by atoms with Crippen molar-refractivity contribution in [2.45, 2.75) is 27.7 Å². The number of hydrogen-bond donors (Lipinski definition) is 0. The zero-order valence-electron chi connectivity index (χ0n) is 36.8. The summed E-state index contributed by atoms with van der Waals surface area (Å²) >= 11 is 0. The first-order valence-electron chi connectivity index (χ1n) is 20.6. The SMILES string of the molecule is COc1ccc(C)c(-c2c3ccccc3cc[n+]2C)c1.Cc1ccc(C)c(-c2c3ccccc3cc[n+]2C)c1.Cc1ccc(N(C)C)cc1-c1c2ccccc2cc[n+]1C. The van der Waals surface area contributed by atoms with Crippen molar-refractivity contribution >= 4 is 38.0 Å². The highest BCUT2D eigenvalue weighted by atomic mass is 16.5. The quantitative estimate of drug-likeness (QED) is 0.162. The van der Waals surface area contributed by atoms with E-state index in [1.165, 1.54) is 94.0 Å². The number of anilines is 1. The molecule has 300 valence electrons. The minimum Gasteiger partial charge on any atom is -0.497 e. The number of benzene rings is 6. The van der Waals surface area contributed by atoms with E-state index in [2.05, 4.69) is 240 Å². The van der Waals surface area contributed by atoms with E-state index in [1.54, 1.807) is 7.11 Å². The van der Waals surface area contributed by atoms with Gasteiger partial charge in [-0.15, -0.1) is 0 Å². The summed E-state index contributed by atoms with van der Waals surface area (Å²) in [5, 5.41) is 7.68. The van der Waals surface area contributed by atoms with Gasteiger partial charge in [0.25, 0.3) is 0 Å². The normalized spacial score (nSPS) is 10.8. The van der Waals surface area contributed by atoms with Crippen molar-refractivity contribution in [1.29, 1.82) is 0 Å². The van der Waals surface area contributed by atoms with Gasteiger partial charge >= 0.3 is 0 Å². The van der Waals surface area contributed by atoms with E-state index in [-0.39, 0.29) is 0 Å². The van der Waals surface area contributed by atoms with Crippen molar-refractivity contribution in [2.75, 3.05) is 26.1 Å². The number of nitrogens with zero attached hydrogens (tertiary/aromatic N) is 4. The zero-order valence-corrected chi connectivity index (χ0v) is 36.8. The Bertz CT molecular complexity index is 2980. The van der Waals surface area contributed by atoms with Gasteiger partial charge < -0.3 is 9.64 Å². The van der Waals surface area contributed by atoms with Gasteiger partial charge in [-0.1, -0.05) is 84.4 Å². The Morgan fingerprint density at radius 2 is 0.800 bits per heavy atom. The lowest BCUT2D eigenvalue weighted by Gasteiger charge is -2.15. The average molecular weight is 790 g/mol. The second-order valence-corrected chi connectivity index (χ2v) is 16.0. The fraction of sp³-hybridized carbons (Fsp3) is 0.182. The Morgan fingerprint density at radius 3 is 1.23 bits per heavy atom. The minimum absolute atomic E-state index is 0.888. The monoisotopic (exact) mass is 789 g/mol. The van der Waals surface area contributed by atoms with Crippen LogP contribution in [-0.2, 0) is 21.1 Å². The molecule has 0 aliphatic carbocycles. The van der Waals surface area contributed by atoms with Gasteiger partial charge in [0.1, 0.15) is 26.9 Å². The molecule has 9 aromatic rings. The first-order valence-corrected chi connectivity index (χ1v) is 20.6. The summed E-state index contributed by atoms with van der Waals surface area (Å²) < 4.78 is 12.0. The van der Waals surface area contributed by atoms with Crippen molar-refractivity contribution in [2.24, 2.45) is 21.1 Å². The Kier molecular flexibility index (Phi) is 12.4. The van der Waals surface area contributed by atoms with Crippen molar-refractivity contribution in [3.63, 3.8) is 0 Å². The summed E-state index contributed by atoms with van der Waals surface area (Å²) in [5.74, 6) is 0.888. The fourth-order valence-electron chi connectivity index (χ4n) is 8.07. The van der Waals surface area contributed by atoms with Crippen LogP contribution in [0.1, 0.15) is 22.3 Å². The van der Waals surface area contributed by atoms with Gasteiger partial charge in [-0.3, -0.25) is 0 Å². The predicted molar refractivity (Wildman–Crippen MR) is 252 cm³/mol. The van der Waals surface area contributed by atoms with Crippen LogP contribution in [0.2, 0.25) is 0 Å². The van der Waals surface area contributed by atoms with Crippen LogP contribution >= 0.6 is 0 Å². The summed E-state index contributed by atoms with van der Waals surface area (Å²) in [6.45, 7) is 8.64. The van der Waals surface area contributed by atoms with Gasteiger partial charge in [0.2, 0.25) is 17.1 Å². The number of aryl methyl sites for hydroxylation is 7. The molecule has 3 aromatic heterocycles. The molecule has 9 rings (SSSR count). The number of rotatable bonds is 5. The third-order valence-corrected chi connectivity index (χ3v) is 11.5. The smallest absolute Gasteiger partial charge is 0.220 e. The molecule has 6 aromatic carbocycles. The van der Waals surface area contributed by atoms with Gasteiger partial charge in [-0.05, 0) is 109 Å². The van der Waals surface area contributed by atoms with Crippen LogP contribution in [0.15, 0.2) is 164 Å². The standard InChI is InChI=1S/C19H21N2.C18H18NO.C18H18N/c1-14-9-10-16(20(2)3)13-18(14)19-17-8-6-5-7-15(17)11-12-21(19)4;1-13-8-9-15(20-3)12-17(13)18-16-7-5-4-6-14(16)10-11-19(18)2;1-13-8-9-14(2)17(12-13)18-16-7-5-4-6-15(16)10-11-19(18)3/h5-13H,1-4H3;4-12H,1-3H3;4-12H,1-3H3/q3*+1. The van der Waals surface area contributed by atoms with Gasteiger partial charge in [0.05, 0.1) is 34.4 Å². The van der Waals surface area contributed by atoms with Crippen molar-refractivity contribution in [3.8, 4) is 39.5 Å². The first-order chi connectivity index (χ1) is 28.9. The zero-order chi connectivity index (χ0) is 42.5. The molecule has 0 aliphatic heterocycles. The summed E-state index contributed by atoms with van der Waals surface area (Å²) in [5.41, 5.74) is 14.0. The van der Waals surface area contributed by atoms with E-state index in [0.29, 0.717) is 0 Å². The van der Waals surface area contributed by atoms with Crippen LogP contribution in [0.4, 0.5) is 5.69 Å². The molecule has 0 atom stereocenters. The largest absolute Gasteiger partial charge is 0.497 e. The third-order valence-electron chi connectivity index (χ3n) is 11.5. The lowest BCUT2D eigenvalue weighted by molar-refractivity contribution is -0.659. The summed E-state index contributed by atoms with van der Waals surface area (Å²) in [7, 11) is 12.2. The maximum absolute atomic E-state index is 5.37. The molecule has 0 fully saturated rings. The number of pyridine rings is 3. The second kappa shape index (κ2) is 18.0. The molecule has 0 saturated heterocycles. The van der Waals surface area contributed by atoms with Crippen molar-refractivity contribution in [1.82, 2.24) is 0 Å². The van der Waals surface area contributed by atoms with Crippen molar-refractivity contribution in [3.05, 3.63) is 186 Å². The lowest BCUT2D eigenvalue weighted by atomic mass is 9.98. The lowest BCUT2D eigenvalue weighted by Crippen LogP contribution is -2.30. The molecule has 5 nitrogen and oxygen atoms in total. The molecule has 0 bridgehead atoms. The van der Waals surface area contributed by atoms with Crippen molar-refractivity contribution < 1.29 is 18.4 Å².